The summed E-state index contributed by atoms with van der Waals surface area (Å²) < 4.78 is 10.8. The molecule has 2 aromatic carbocycles. The van der Waals surface area contributed by atoms with Gasteiger partial charge in [0.25, 0.3) is 0 Å². The molecule has 0 saturated carbocycles. The monoisotopic (exact) mass is 393 g/mol. The van der Waals surface area contributed by atoms with Gasteiger partial charge in [-0.25, -0.2) is 0 Å². The molecule has 0 aromatic heterocycles. The van der Waals surface area contributed by atoms with Gasteiger partial charge in [0.15, 0.2) is 11.5 Å². The number of hydrogen-bond donors (Lipinski definition) is 1. The zero-order valence-corrected chi connectivity index (χ0v) is 16.5. The summed E-state index contributed by atoms with van der Waals surface area (Å²) in [5.41, 5.74) is 2.12. The number of amides is 1. The third-order valence-electron chi connectivity index (χ3n) is 6.92. The first kappa shape index (κ1) is 18.5. The van der Waals surface area contributed by atoms with Gasteiger partial charge in [0.1, 0.15) is 0 Å². The number of carbonyl (C=O) groups excluding carboxylic acids is 1. The number of aryl methyl sites for hydroxylation is 1. The Hall–Kier alpha value is -2.53. The van der Waals surface area contributed by atoms with Crippen molar-refractivity contribution in [2.24, 2.45) is 5.41 Å². The fraction of sp³-hybridized carbons (Fsp3) is 0.458. The second-order valence-electron chi connectivity index (χ2n) is 8.62. The average Bonchev–Trinajstić information content (AvgIpc) is 3.46. The third-order valence-corrected chi connectivity index (χ3v) is 6.92. The number of aliphatic hydroxyl groups is 1. The van der Waals surface area contributed by atoms with Crippen molar-refractivity contribution in [2.75, 3.05) is 13.4 Å². The molecule has 1 N–H and O–H groups in total. The van der Waals surface area contributed by atoms with E-state index in [0.717, 1.165) is 42.7 Å². The quantitative estimate of drug-likeness (QED) is 0.818. The molecule has 2 aromatic rings. The van der Waals surface area contributed by atoms with E-state index in [1.54, 1.807) is 0 Å². The van der Waals surface area contributed by atoms with Crippen LogP contribution in [0, 0.1) is 5.41 Å². The second kappa shape index (κ2) is 7.38. The molecule has 3 aliphatic rings. The highest BCUT2D eigenvalue weighted by molar-refractivity contribution is 5.78. The van der Waals surface area contributed by atoms with Crippen molar-refractivity contribution in [1.82, 2.24) is 4.90 Å². The summed E-state index contributed by atoms with van der Waals surface area (Å²) >= 11 is 0. The lowest BCUT2D eigenvalue weighted by molar-refractivity contribution is -0.133. The molecule has 5 nitrogen and oxygen atoms in total. The highest BCUT2D eigenvalue weighted by Crippen LogP contribution is 2.51. The maximum Gasteiger partial charge on any atom is 0.231 e. The van der Waals surface area contributed by atoms with Gasteiger partial charge in [-0.1, -0.05) is 36.4 Å². The first-order valence-corrected chi connectivity index (χ1v) is 10.5. The Labute approximate surface area is 171 Å². The van der Waals surface area contributed by atoms with E-state index in [9.17, 15) is 9.90 Å². The molecular formula is C24H27NO4. The van der Waals surface area contributed by atoms with Crippen LogP contribution in [0.2, 0.25) is 0 Å². The van der Waals surface area contributed by atoms with Gasteiger partial charge in [-0.3, -0.25) is 4.79 Å². The van der Waals surface area contributed by atoms with E-state index in [1.165, 1.54) is 5.56 Å². The maximum absolute atomic E-state index is 13.2. The molecule has 0 aliphatic carbocycles. The molecule has 152 valence electrons. The lowest BCUT2D eigenvalue weighted by Crippen LogP contribution is -2.44. The number of nitrogens with zero attached hydrogens (tertiary/aromatic N) is 1. The van der Waals surface area contributed by atoms with Crippen molar-refractivity contribution in [1.29, 1.82) is 0 Å². The number of benzene rings is 2. The van der Waals surface area contributed by atoms with Crippen molar-refractivity contribution >= 4 is 5.91 Å². The molecule has 1 amide bonds. The standard InChI is InChI=1S/C24H27NO4/c26-15-24(13-18-4-2-1-3-5-18)14-19-8-10-22(24)25(19)23(27)11-7-17-6-9-20-21(12-17)29-16-28-20/h1-6,9,12,19,22,26H,7-8,10-11,13-16H2/t19-,22+,24-/m0/s1. The lowest BCUT2D eigenvalue weighted by atomic mass is 9.70. The summed E-state index contributed by atoms with van der Waals surface area (Å²) in [6.07, 6.45) is 4.96. The maximum atomic E-state index is 13.2. The Kier molecular flexibility index (Phi) is 4.70. The SMILES string of the molecule is O=C(CCc1ccc2c(c1)OCO2)N1[C@H]2CC[C@@H]1[C@@](CO)(Cc1ccccc1)C2. The Bertz CT molecular complexity index is 899. The minimum absolute atomic E-state index is 0.134. The lowest BCUT2D eigenvalue weighted by Gasteiger charge is -2.36. The number of aliphatic hydroxyl groups excluding tert-OH is 1. The zero-order chi connectivity index (χ0) is 19.8. The Morgan fingerprint density at radius 1 is 1.07 bits per heavy atom. The van der Waals surface area contributed by atoms with Crippen LogP contribution in [-0.2, 0) is 17.6 Å². The second-order valence-corrected chi connectivity index (χ2v) is 8.62. The first-order valence-electron chi connectivity index (χ1n) is 10.5. The van der Waals surface area contributed by atoms with Crippen LogP contribution in [-0.4, -0.2) is 41.4 Å². The van der Waals surface area contributed by atoms with E-state index in [1.807, 2.05) is 36.4 Å². The number of carbonyl (C=O) groups is 1. The van der Waals surface area contributed by atoms with Crippen LogP contribution < -0.4 is 9.47 Å². The van der Waals surface area contributed by atoms with Crippen molar-refractivity contribution < 1.29 is 19.4 Å². The van der Waals surface area contributed by atoms with Crippen LogP contribution in [0.1, 0.15) is 36.8 Å². The van der Waals surface area contributed by atoms with E-state index in [-0.39, 0.29) is 36.8 Å². The summed E-state index contributed by atoms with van der Waals surface area (Å²) in [5.74, 6) is 1.74. The molecule has 2 fully saturated rings. The summed E-state index contributed by atoms with van der Waals surface area (Å²) in [5, 5.41) is 10.3. The van der Waals surface area contributed by atoms with E-state index in [2.05, 4.69) is 17.0 Å². The van der Waals surface area contributed by atoms with Crippen molar-refractivity contribution in [3.63, 3.8) is 0 Å². The highest BCUT2D eigenvalue weighted by atomic mass is 16.7. The fourth-order valence-electron chi connectivity index (χ4n) is 5.56. The molecule has 3 heterocycles. The van der Waals surface area contributed by atoms with Gasteiger partial charge in [0, 0.05) is 23.9 Å². The average molecular weight is 393 g/mol. The van der Waals surface area contributed by atoms with E-state index >= 15 is 0 Å². The van der Waals surface area contributed by atoms with Crippen LogP contribution in [0.25, 0.3) is 0 Å². The van der Waals surface area contributed by atoms with E-state index in [0.29, 0.717) is 12.8 Å². The molecular weight excluding hydrogens is 366 g/mol. The zero-order valence-electron chi connectivity index (χ0n) is 16.5. The molecule has 2 bridgehead atoms. The van der Waals surface area contributed by atoms with Crippen LogP contribution in [0.5, 0.6) is 11.5 Å². The number of ether oxygens (including phenoxy) is 2. The first-order chi connectivity index (χ1) is 14.2. The minimum Gasteiger partial charge on any atom is -0.454 e. The van der Waals surface area contributed by atoms with E-state index in [4.69, 9.17) is 9.47 Å². The smallest absolute Gasteiger partial charge is 0.231 e. The number of hydrogen-bond acceptors (Lipinski definition) is 4. The molecule has 5 rings (SSSR count). The fourth-order valence-corrected chi connectivity index (χ4v) is 5.56. The minimum atomic E-state index is -0.210. The van der Waals surface area contributed by atoms with E-state index < -0.39 is 0 Å². The topological polar surface area (TPSA) is 59.0 Å². The van der Waals surface area contributed by atoms with Gasteiger partial charge in [-0.15, -0.1) is 0 Å². The summed E-state index contributed by atoms with van der Waals surface area (Å²) in [4.78, 5) is 15.3. The van der Waals surface area contributed by atoms with Crippen LogP contribution in [0.15, 0.2) is 48.5 Å². The third kappa shape index (κ3) is 3.27. The van der Waals surface area contributed by atoms with Crippen molar-refractivity contribution in [2.45, 2.75) is 50.6 Å². The summed E-state index contributed by atoms with van der Waals surface area (Å²) in [6.45, 7) is 0.397. The predicted molar refractivity (Wildman–Crippen MR) is 109 cm³/mol. The molecule has 5 heteroatoms. The highest BCUT2D eigenvalue weighted by Gasteiger charge is 2.56. The Morgan fingerprint density at radius 3 is 2.72 bits per heavy atom. The Morgan fingerprint density at radius 2 is 1.90 bits per heavy atom. The summed E-state index contributed by atoms with van der Waals surface area (Å²) in [7, 11) is 0. The van der Waals surface area contributed by atoms with Gasteiger partial charge in [0.2, 0.25) is 12.7 Å². The van der Waals surface area contributed by atoms with Crippen molar-refractivity contribution in [3.8, 4) is 11.5 Å². The van der Waals surface area contributed by atoms with Gasteiger partial charge in [-0.05, 0) is 55.4 Å². The molecule has 3 atom stereocenters. The molecule has 2 saturated heterocycles. The molecule has 0 spiro atoms. The van der Waals surface area contributed by atoms with Gasteiger partial charge in [-0.2, -0.15) is 0 Å². The predicted octanol–water partition coefficient (Wildman–Crippen LogP) is 3.33. The van der Waals surface area contributed by atoms with Gasteiger partial charge >= 0.3 is 0 Å². The normalized spacial score (nSPS) is 26.9. The Balaban J connectivity index is 1.28. The number of rotatable bonds is 6. The van der Waals surface area contributed by atoms with Gasteiger partial charge < -0.3 is 19.5 Å². The van der Waals surface area contributed by atoms with Crippen LogP contribution >= 0.6 is 0 Å². The molecule has 3 aliphatic heterocycles. The van der Waals surface area contributed by atoms with Crippen LogP contribution in [0.3, 0.4) is 0 Å². The molecule has 29 heavy (non-hydrogen) atoms. The van der Waals surface area contributed by atoms with Crippen LogP contribution in [0.4, 0.5) is 0 Å². The molecule has 0 radical (unpaired) electrons. The van der Waals surface area contributed by atoms with Crippen molar-refractivity contribution in [3.05, 3.63) is 59.7 Å². The van der Waals surface area contributed by atoms with Gasteiger partial charge in [0.05, 0.1) is 6.61 Å². The molecule has 0 unspecified atom stereocenters. The largest absolute Gasteiger partial charge is 0.454 e. The summed E-state index contributed by atoms with van der Waals surface area (Å²) in [6, 6.07) is 16.6. The number of fused-ring (bicyclic) bond motifs is 3.